The Hall–Kier alpha value is -0.740. The van der Waals surface area contributed by atoms with Crippen LogP contribution in [0.5, 0.6) is 0 Å². The molecule has 4 heteroatoms. The summed E-state index contributed by atoms with van der Waals surface area (Å²) >= 11 is 1.45. The molecule has 0 atom stereocenters. The van der Waals surface area contributed by atoms with Crippen molar-refractivity contribution in [3.63, 3.8) is 0 Å². The number of hydrogen-bond acceptors (Lipinski definition) is 4. The molecule has 0 amide bonds. The lowest BCUT2D eigenvalue weighted by atomic mass is 9.94. The molecule has 0 N–H and O–H groups in total. The van der Waals surface area contributed by atoms with Gasteiger partial charge in [-0.05, 0) is 25.7 Å². The molecule has 0 bridgehead atoms. The maximum absolute atomic E-state index is 11.9. The second-order valence-electron chi connectivity index (χ2n) is 3.95. The normalized spacial score (nSPS) is 17.9. The van der Waals surface area contributed by atoms with Crippen LogP contribution in [-0.4, -0.2) is 24.0 Å². The van der Waals surface area contributed by atoms with Crippen molar-refractivity contribution >= 4 is 17.1 Å². The Morgan fingerprint density at radius 1 is 1.60 bits per heavy atom. The topological polar surface area (TPSA) is 39.2 Å². The fourth-order valence-electron chi connectivity index (χ4n) is 1.87. The minimum atomic E-state index is 0.252. The van der Waals surface area contributed by atoms with Gasteiger partial charge >= 0.3 is 0 Å². The van der Waals surface area contributed by atoms with E-state index in [-0.39, 0.29) is 5.78 Å². The summed E-state index contributed by atoms with van der Waals surface area (Å²) in [4.78, 5) is 16.9. The first-order valence-electron chi connectivity index (χ1n) is 5.28. The molecule has 82 valence electrons. The quantitative estimate of drug-likeness (QED) is 0.742. The van der Waals surface area contributed by atoms with Crippen LogP contribution in [-0.2, 0) is 4.74 Å². The largest absolute Gasteiger partial charge is 0.381 e. The fraction of sp³-hybridized carbons (Fsp3) is 0.636. The second-order valence-corrected chi connectivity index (χ2v) is 4.80. The third kappa shape index (κ3) is 2.63. The van der Waals surface area contributed by atoms with E-state index in [9.17, 15) is 4.79 Å². The molecule has 15 heavy (non-hydrogen) atoms. The highest BCUT2D eigenvalue weighted by atomic mass is 32.1. The summed E-state index contributed by atoms with van der Waals surface area (Å²) in [5.74, 6) is 0.759. The van der Waals surface area contributed by atoms with Gasteiger partial charge in [0.1, 0.15) is 0 Å². The van der Waals surface area contributed by atoms with Gasteiger partial charge in [0.25, 0.3) is 0 Å². The van der Waals surface area contributed by atoms with Gasteiger partial charge in [0.2, 0.25) is 0 Å². The van der Waals surface area contributed by atoms with Crippen molar-refractivity contribution < 1.29 is 9.53 Å². The Kier molecular flexibility index (Phi) is 3.49. The van der Waals surface area contributed by atoms with Gasteiger partial charge in [-0.25, -0.2) is 4.98 Å². The number of aryl methyl sites for hydroxylation is 1. The minimum Gasteiger partial charge on any atom is -0.381 e. The van der Waals surface area contributed by atoms with Crippen molar-refractivity contribution in [1.29, 1.82) is 0 Å². The van der Waals surface area contributed by atoms with Crippen LogP contribution in [0.1, 0.15) is 34.6 Å². The van der Waals surface area contributed by atoms with Crippen LogP contribution in [0, 0.1) is 12.8 Å². The fourth-order valence-corrected chi connectivity index (χ4v) is 2.63. The molecule has 1 aliphatic rings. The van der Waals surface area contributed by atoms with Crippen molar-refractivity contribution in [3.8, 4) is 0 Å². The average molecular weight is 225 g/mol. The van der Waals surface area contributed by atoms with E-state index in [0.29, 0.717) is 12.3 Å². The number of carbonyl (C=O) groups excluding carboxylic acids is 1. The smallest absolute Gasteiger partial charge is 0.174 e. The monoisotopic (exact) mass is 225 g/mol. The molecule has 1 aromatic rings. The maximum Gasteiger partial charge on any atom is 0.174 e. The molecule has 2 rings (SSSR count). The summed E-state index contributed by atoms with van der Waals surface area (Å²) < 4.78 is 5.27. The molecule has 0 radical (unpaired) electrons. The lowest BCUT2D eigenvalue weighted by molar-refractivity contribution is 0.0602. The Labute approximate surface area is 93.5 Å². The van der Waals surface area contributed by atoms with Crippen molar-refractivity contribution in [3.05, 3.63) is 16.1 Å². The summed E-state index contributed by atoms with van der Waals surface area (Å²) in [7, 11) is 0. The first-order chi connectivity index (χ1) is 7.27. The van der Waals surface area contributed by atoms with E-state index in [4.69, 9.17) is 4.74 Å². The SMILES string of the molecule is Cc1ncsc1C(=O)CC1CCOCC1. The highest BCUT2D eigenvalue weighted by Gasteiger charge is 2.20. The first-order valence-corrected chi connectivity index (χ1v) is 6.16. The Bertz CT molecular complexity index is 342. The highest BCUT2D eigenvalue weighted by molar-refractivity contribution is 7.11. The van der Waals surface area contributed by atoms with Crippen LogP contribution in [0.4, 0.5) is 0 Å². The van der Waals surface area contributed by atoms with E-state index in [2.05, 4.69) is 4.98 Å². The van der Waals surface area contributed by atoms with E-state index in [1.165, 1.54) is 11.3 Å². The number of rotatable bonds is 3. The Morgan fingerprint density at radius 3 is 2.93 bits per heavy atom. The number of ketones is 1. The van der Waals surface area contributed by atoms with Gasteiger partial charge in [-0.15, -0.1) is 11.3 Å². The molecular weight excluding hydrogens is 210 g/mol. The van der Waals surface area contributed by atoms with Gasteiger partial charge in [-0.1, -0.05) is 0 Å². The van der Waals surface area contributed by atoms with E-state index in [1.54, 1.807) is 5.51 Å². The molecule has 0 aliphatic carbocycles. The highest BCUT2D eigenvalue weighted by Crippen LogP contribution is 2.23. The van der Waals surface area contributed by atoms with E-state index in [1.807, 2.05) is 6.92 Å². The van der Waals surface area contributed by atoms with Crippen LogP contribution in [0.15, 0.2) is 5.51 Å². The number of thiazole rings is 1. The summed E-state index contributed by atoms with van der Waals surface area (Å²) in [6.07, 6.45) is 2.69. The van der Waals surface area contributed by atoms with Gasteiger partial charge < -0.3 is 4.74 Å². The van der Waals surface area contributed by atoms with E-state index < -0.39 is 0 Å². The zero-order chi connectivity index (χ0) is 10.7. The zero-order valence-electron chi connectivity index (χ0n) is 8.86. The number of hydrogen-bond donors (Lipinski definition) is 0. The third-order valence-corrected chi connectivity index (χ3v) is 3.78. The second kappa shape index (κ2) is 4.86. The number of ether oxygens (including phenoxy) is 1. The van der Waals surface area contributed by atoms with Crippen LogP contribution < -0.4 is 0 Å². The number of Topliss-reactive ketones (excluding diaryl/α,β-unsaturated/α-hetero) is 1. The van der Waals surface area contributed by atoms with Crippen molar-refractivity contribution in [1.82, 2.24) is 4.98 Å². The summed E-state index contributed by atoms with van der Waals surface area (Å²) in [5, 5.41) is 0. The molecule has 2 heterocycles. The van der Waals surface area contributed by atoms with E-state index in [0.717, 1.165) is 36.6 Å². The molecular formula is C11H15NO2S. The van der Waals surface area contributed by atoms with Gasteiger partial charge in [-0.2, -0.15) is 0 Å². The molecule has 0 saturated carbocycles. The molecule has 3 nitrogen and oxygen atoms in total. The van der Waals surface area contributed by atoms with E-state index >= 15 is 0 Å². The van der Waals surface area contributed by atoms with Gasteiger partial charge in [0, 0.05) is 19.6 Å². The maximum atomic E-state index is 11.9. The number of nitrogens with zero attached hydrogens (tertiary/aromatic N) is 1. The van der Waals surface area contributed by atoms with Crippen LogP contribution in [0.25, 0.3) is 0 Å². The van der Waals surface area contributed by atoms with Gasteiger partial charge in [0.15, 0.2) is 5.78 Å². The molecule has 1 saturated heterocycles. The van der Waals surface area contributed by atoms with Crippen LogP contribution in [0.2, 0.25) is 0 Å². The number of carbonyl (C=O) groups is 1. The average Bonchev–Trinajstić information content (AvgIpc) is 2.66. The molecule has 1 aromatic heterocycles. The minimum absolute atomic E-state index is 0.252. The Morgan fingerprint density at radius 2 is 2.33 bits per heavy atom. The van der Waals surface area contributed by atoms with Crippen LogP contribution >= 0.6 is 11.3 Å². The molecule has 0 spiro atoms. The van der Waals surface area contributed by atoms with Crippen molar-refractivity contribution in [2.75, 3.05) is 13.2 Å². The predicted molar refractivity (Wildman–Crippen MR) is 59.3 cm³/mol. The summed E-state index contributed by atoms with van der Waals surface area (Å²) in [6.45, 7) is 3.51. The lowest BCUT2D eigenvalue weighted by Gasteiger charge is -2.20. The van der Waals surface area contributed by atoms with Crippen LogP contribution in [0.3, 0.4) is 0 Å². The zero-order valence-corrected chi connectivity index (χ0v) is 9.68. The number of aromatic nitrogens is 1. The third-order valence-electron chi connectivity index (χ3n) is 2.81. The van der Waals surface area contributed by atoms with Gasteiger partial charge in [0.05, 0.1) is 16.1 Å². The van der Waals surface area contributed by atoms with Crippen molar-refractivity contribution in [2.24, 2.45) is 5.92 Å². The Balaban J connectivity index is 1.94. The summed E-state index contributed by atoms with van der Waals surface area (Å²) in [6, 6.07) is 0. The predicted octanol–water partition coefficient (Wildman–Crippen LogP) is 2.45. The molecule has 1 aliphatic heterocycles. The molecule has 0 aromatic carbocycles. The van der Waals surface area contributed by atoms with Gasteiger partial charge in [-0.3, -0.25) is 4.79 Å². The standard InChI is InChI=1S/C11H15NO2S/c1-8-11(15-7-12-8)10(13)6-9-2-4-14-5-3-9/h7,9H,2-6H2,1H3. The lowest BCUT2D eigenvalue weighted by Crippen LogP contribution is -2.18. The summed E-state index contributed by atoms with van der Waals surface area (Å²) in [5.41, 5.74) is 2.61. The first kappa shape index (κ1) is 10.8. The van der Waals surface area contributed by atoms with Crippen molar-refractivity contribution in [2.45, 2.75) is 26.2 Å². The molecule has 0 unspecified atom stereocenters. The molecule has 1 fully saturated rings.